The van der Waals surface area contributed by atoms with Crippen molar-refractivity contribution >= 4 is 17.2 Å². The predicted octanol–water partition coefficient (Wildman–Crippen LogP) is 2.29. The van der Waals surface area contributed by atoms with E-state index in [1.807, 2.05) is 23.7 Å². The lowest BCUT2D eigenvalue weighted by atomic mass is 10.2. The first kappa shape index (κ1) is 14.0. The summed E-state index contributed by atoms with van der Waals surface area (Å²) in [4.78, 5) is 13.4. The van der Waals surface area contributed by atoms with Crippen molar-refractivity contribution in [1.29, 1.82) is 5.26 Å². The summed E-state index contributed by atoms with van der Waals surface area (Å²) in [7, 11) is 0. The van der Waals surface area contributed by atoms with Crippen LogP contribution in [-0.4, -0.2) is 41.0 Å². The van der Waals surface area contributed by atoms with Crippen LogP contribution in [0, 0.1) is 11.3 Å². The molecule has 2 aromatic heterocycles. The first-order chi connectivity index (χ1) is 10.3. The number of thiazole rings is 1. The van der Waals surface area contributed by atoms with Crippen LogP contribution in [0.3, 0.4) is 0 Å². The molecule has 1 saturated heterocycles. The molecule has 3 rings (SSSR count). The van der Waals surface area contributed by atoms with E-state index in [1.54, 1.807) is 17.5 Å². The van der Waals surface area contributed by atoms with E-state index in [9.17, 15) is 5.26 Å². The molecule has 1 aliphatic heterocycles. The van der Waals surface area contributed by atoms with Gasteiger partial charge in [-0.1, -0.05) is 0 Å². The van der Waals surface area contributed by atoms with Crippen molar-refractivity contribution in [3.05, 3.63) is 40.5 Å². The molecule has 0 N–H and O–H groups in total. The van der Waals surface area contributed by atoms with Crippen molar-refractivity contribution in [1.82, 2.24) is 14.9 Å². The Hall–Kier alpha value is -1.97. The number of rotatable bonds is 3. The number of pyridine rings is 1. The van der Waals surface area contributed by atoms with E-state index in [0.29, 0.717) is 11.6 Å². The van der Waals surface area contributed by atoms with E-state index >= 15 is 0 Å². The van der Waals surface area contributed by atoms with Gasteiger partial charge in [0.1, 0.15) is 16.9 Å². The number of hydrogen-bond acceptors (Lipinski definition) is 6. The molecule has 0 amide bonds. The molecule has 1 fully saturated rings. The third-order valence-electron chi connectivity index (χ3n) is 3.88. The third kappa shape index (κ3) is 2.89. The van der Waals surface area contributed by atoms with Gasteiger partial charge in [0.2, 0.25) is 0 Å². The lowest BCUT2D eigenvalue weighted by Gasteiger charge is -2.38. The highest BCUT2D eigenvalue weighted by atomic mass is 32.1. The minimum Gasteiger partial charge on any atom is -0.353 e. The number of piperazine rings is 1. The van der Waals surface area contributed by atoms with E-state index in [0.717, 1.165) is 32.0 Å². The van der Waals surface area contributed by atoms with E-state index < -0.39 is 0 Å². The van der Waals surface area contributed by atoms with Crippen LogP contribution in [0.2, 0.25) is 0 Å². The maximum absolute atomic E-state index is 9.18. The molecule has 6 heteroatoms. The average Bonchev–Trinajstić information content (AvgIpc) is 3.09. The summed E-state index contributed by atoms with van der Waals surface area (Å²) in [6.45, 7) is 5.91. The maximum atomic E-state index is 9.18. The zero-order chi connectivity index (χ0) is 14.7. The Morgan fingerprint density at radius 1 is 1.24 bits per heavy atom. The van der Waals surface area contributed by atoms with Gasteiger partial charge in [-0.25, -0.2) is 9.97 Å². The molecule has 1 atom stereocenters. The van der Waals surface area contributed by atoms with Gasteiger partial charge in [0.05, 0.1) is 11.6 Å². The Balaban J connectivity index is 1.67. The molecule has 3 heterocycles. The molecule has 108 valence electrons. The lowest BCUT2D eigenvalue weighted by molar-refractivity contribution is 0.198. The standard InChI is InChI=1S/C15H17N5S/c1-12(15-18-5-10-21-15)19-6-8-20(9-7-19)14-13(11-16)3-2-4-17-14/h2-5,10,12H,6-9H2,1H3. The highest BCUT2D eigenvalue weighted by Gasteiger charge is 2.24. The van der Waals surface area contributed by atoms with Gasteiger partial charge in [-0.05, 0) is 19.1 Å². The number of hydrogen-bond donors (Lipinski definition) is 0. The highest BCUT2D eigenvalue weighted by molar-refractivity contribution is 7.09. The molecular weight excluding hydrogens is 282 g/mol. The molecule has 0 aromatic carbocycles. The van der Waals surface area contributed by atoms with Crippen molar-refractivity contribution in [2.75, 3.05) is 31.1 Å². The van der Waals surface area contributed by atoms with Crippen LogP contribution < -0.4 is 4.90 Å². The van der Waals surface area contributed by atoms with Crippen molar-refractivity contribution < 1.29 is 0 Å². The minimum atomic E-state index is 0.353. The Morgan fingerprint density at radius 3 is 2.71 bits per heavy atom. The van der Waals surface area contributed by atoms with E-state index in [2.05, 4.69) is 32.8 Å². The summed E-state index contributed by atoms with van der Waals surface area (Å²) in [5, 5.41) is 12.4. The number of nitriles is 1. The monoisotopic (exact) mass is 299 g/mol. The van der Waals surface area contributed by atoms with Crippen LogP contribution in [0.5, 0.6) is 0 Å². The zero-order valence-corrected chi connectivity index (χ0v) is 12.8. The Kier molecular flexibility index (Phi) is 4.13. The molecular formula is C15H17N5S. The fraction of sp³-hybridized carbons (Fsp3) is 0.400. The molecule has 0 spiro atoms. The molecule has 2 aromatic rings. The Labute approximate surface area is 128 Å². The second kappa shape index (κ2) is 6.20. The number of anilines is 1. The Morgan fingerprint density at radius 2 is 2.05 bits per heavy atom. The van der Waals surface area contributed by atoms with E-state index in [4.69, 9.17) is 0 Å². The summed E-state index contributed by atoms with van der Waals surface area (Å²) in [6, 6.07) is 6.21. The first-order valence-corrected chi connectivity index (χ1v) is 7.91. The maximum Gasteiger partial charge on any atom is 0.146 e. The summed E-state index contributed by atoms with van der Waals surface area (Å²) in [5.74, 6) is 0.807. The molecule has 0 saturated carbocycles. The van der Waals surface area contributed by atoms with Crippen molar-refractivity contribution in [2.45, 2.75) is 13.0 Å². The van der Waals surface area contributed by atoms with E-state index in [1.165, 1.54) is 5.01 Å². The average molecular weight is 299 g/mol. The fourth-order valence-electron chi connectivity index (χ4n) is 2.65. The van der Waals surface area contributed by atoms with Crippen LogP contribution in [0.25, 0.3) is 0 Å². The third-order valence-corrected chi connectivity index (χ3v) is 4.82. The van der Waals surface area contributed by atoms with Crippen LogP contribution >= 0.6 is 11.3 Å². The highest BCUT2D eigenvalue weighted by Crippen LogP contribution is 2.25. The van der Waals surface area contributed by atoms with Crippen LogP contribution in [-0.2, 0) is 0 Å². The number of nitrogens with zero attached hydrogens (tertiary/aromatic N) is 5. The summed E-state index contributed by atoms with van der Waals surface area (Å²) in [6.07, 6.45) is 3.61. The molecule has 0 radical (unpaired) electrons. The van der Waals surface area contributed by atoms with Crippen LogP contribution in [0.15, 0.2) is 29.9 Å². The minimum absolute atomic E-state index is 0.353. The largest absolute Gasteiger partial charge is 0.353 e. The normalized spacial score (nSPS) is 17.4. The summed E-state index contributed by atoms with van der Waals surface area (Å²) < 4.78 is 0. The van der Waals surface area contributed by atoms with Crippen molar-refractivity contribution in [2.24, 2.45) is 0 Å². The van der Waals surface area contributed by atoms with Gasteiger partial charge in [-0.15, -0.1) is 11.3 Å². The smallest absolute Gasteiger partial charge is 0.146 e. The van der Waals surface area contributed by atoms with Gasteiger partial charge < -0.3 is 4.90 Å². The quantitative estimate of drug-likeness (QED) is 0.870. The van der Waals surface area contributed by atoms with Gasteiger partial charge >= 0.3 is 0 Å². The van der Waals surface area contributed by atoms with Crippen molar-refractivity contribution in [3.8, 4) is 6.07 Å². The zero-order valence-electron chi connectivity index (χ0n) is 11.9. The molecule has 1 unspecified atom stereocenters. The van der Waals surface area contributed by atoms with E-state index in [-0.39, 0.29) is 0 Å². The van der Waals surface area contributed by atoms with Crippen LogP contribution in [0.4, 0.5) is 5.82 Å². The molecule has 5 nitrogen and oxygen atoms in total. The topological polar surface area (TPSA) is 56.1 Å². The van der Waals surface area contributed by atoms with Gasteiger partial charge in [0, 0.05) is 44.0 Å². The van der Waals surface area contributed by atoms with Gasteiger partial charge in [-0.2, -0.15) is 5.26 Å². The molecule has 1 aliphatic rings. The van der Waals surface area contributed by atoms with Gasteiger partial charge in [-0.3, -0.25) is 4.90 Å². The lowest BCUT2D eigenvalue weighted by Crippen LogP contribution is -2.47. The molecule has 0 aliphatic carbocycles. The second-order valence-corrected chi connectivity index (χ2v) is 5.98. The van der Waals surface area contributed by atoms with Gasteiger partial charge in [0.25, 0.3) is 0 Å². The Bertz CT molecular complexity index is 626. The molecule has 21 heavy (non-hydrogen) atoms. The molecule has 0 bridgehead atoms. The SMILES string of the molecule is CC(c1nccs1)N1CCN(c2ncccc2C#N)CC1. The summed E-state index contributed by atoms with van der Waals surface area (Å²) >= 11 is 1.71. The van der Waals surface area contributed by atoms with Crippen molar-refractivity contribution in [3.63, 3.8) is 0 Å². The number of aromatic nitrogens is 2. The van der Waals surface area contributed by atoms with Gasteiger partial charge in [0.15, 0.2) is 0 Å². The predicted molar refractivity (Wildman–Crippen MR) is 83.3 cm³/mol. The summed E-state index contributed by atoms with van der Waals surface area (Å²) in [5.41, 5.74) is 0.652. The fourth-order valence-corrected chi connectivity index (χ4v) is 3.38. The first-order valence-electron chi connectivity index (χ1n) is 7.03. The van der Waals surface area contributed by atoms with Crippen LogP contribution in [0.1, 0.15) is 23.5 Å². The second-order valence-electron chi connectivity index (χ2n) is 5.06.